The second-order valence-electron chi connectivity index (χ2n) is 4.08. The molecule has 1 aromatic carbocycles. The molecule has 0 amide bonds. The average Bonchev–Trinajstić information content (AvgIpc) is 2.37. The lowest BCUT2D eigenvalue weighted by Gasteiger charge is -2.11. The van der Waals surface area contributed by atoms with Crippen LogP contribution >= 0.6 is 0 Å². The van der Waals surface area contributed by atoms with E-state index in [2.05, 4.69) is 4.98 Å². The summed E-state index contributed by atoms with van der Waals surface area (Å²) in [4.78, 5) is 26.3. The summed E-state index contributed by atoms with van der Waals surface area (Å²) in [5.41, 5.74) is 1.19. The van der Waals surface area contributed by atoms with E-state index in [0.29, 0.717) is 23.1 Å². The van der Waals surface area contributed by atoms with Crippen LogP contribution in [0.1, 0.15) is 22.5 Å². The Balaban J connectivity index is 2.34. The first kappa shape index (κ1) is 10.6. The number of carbonyl (C=O) groups is 1. The number of allylic oxidation sites excluding steroid dienone is 1. The molecule has 5 heteroatoms. The maximum absolute atomic E-state index is 11.9. The molecule has 0 unspecified atom stereocenters. The standard InChI is InChI=1S/C13H8N2O3/c16-12-3-1-2-11-13(12)10-5-4-9(15(17)18)6-8(10)7-14-11/h1-2,4-7H,3H2. The lowest BCUT2D eigenvalue weighted by molar-refractivity contribution is -0.384. The Morgan fingerprint density at radius 2 is 2.17 bits per heavy atom. The maximum Gasteiger partial charge on any atom is 0.270 e. The molecular weight excluding hydrogens is 232 g/mol. The summed E-state index contributed by atoms with van der Waals surface area (Å²) in [6.45, 7) is 0. The van der Waals surface area contributed by atoms with Crippen molar-refractivity contribution >= 4 is 28.3 Å². The summed E-state index contributed by atoms with van der Waals surface area (Å²) in [6.07, 6.45) is 5.49. The molecule has 0 spiro atoms. The highest BCUT2D eigenvalue weighted by atomic mass is 16.6. The van der Waals surface area contributed by atoms with Gasteiger partial charge in [0.1, 0.15) is 0 Å². The monoisotopic (exact) mass is 240 g/mol. The van der Waals surface area contributed by atoms with Crippen LogP contribution in [-0.4, -0.2) is 15.7 Å². The SMILES string of the molecule is O=C1CC=Cc2ncc3cc([N+](=O)[O-])ccc3c21. The van der Waals surface area contributed by atoms with Crippen LogP contribution in [0.4, 0.5) is 5.69 Å². The van der Waals surface area contributed by atoms with E-state index in [1.165, 1.54) is 12.1 Å². The number of fused-ring (bicyclic) bond motifs is 3. The van der Waals surface area contributed by atoms with Gasteiger partial charge in [-0.25, -0.2) is 0 Å². The zero-order chi connectivity index (χ0) is 12.7. The van der Waals surface area contributed by atoms with E-state index in [-0.39, 0.29) is 11.5 Å². The molecule has 5 nitrogen and oxygen atoms in total. The Morgan fingerprint density at radius 1 is 1.33 bits per heavy atom. The molecular formula is C13H8N2O3. The lowest BCUT2D eigenvalue weighted by Crippen LogP contribution is -2.07. The molecule has 0 atom stereocenters. The first-order valence-corrected chi connectivity index (χ1v) is 5.44. The minimum absolute atomic E-state index is 0.000506. The van der Waals surface area contributed by atoms with Crippen molar-refractivity contribution in [1.82, 2.24) is 4.98 Å². The highest BCUT2D eigenvalue weighted by Crippen LogP contribution is 2.28. The Kier molecular flexibility index (Phi) is 2.19. The smallest absolute Gasteiger partial charge is 0.270 e. The third-order valence-corrected chi connectivity index (χ3v) is 2.97. The number of Topliss-reactive ketones (excluding diaryl/α,β-unsaturated/α-hetero) is 1. The van der Waals surface area contributed by atoms with E-state index in [1.54, 1.807) is 24.4 Å². The molecule has 0 radical (unpaired) electrons. The number of rotatable bonds is 1. The van der Waals surface area contributed by atoms with Crippen molar-refractivity contribution in [2.75, 3.05) is 0 Å². The van der Waals surface area contributed by atoms with Gasteiger partial charge in [0.25, 0.3) is 5.69 Å². The number of hydrogen-bond donors (Lipinski definition) is 0. The first-order valence-electron chi connectivity index (χ1n) is 5.44. The fourth-order valence-electron chi connectivity index (χ4n) is 2.14. The van der Waals surface area contributed by atoms with Crippen LogP contribution in [0.25, 0.3) is 16.8 Å². The van der Waals surface area contributed by atoms with Crippen molar-refractivity contribution < 1.29 is 9.72 Å². The number of pyridine rings is 1. The number of nitro groups is 1. The predicted molar refractivity (Wildman–Crippen MR) is 66.4 cm³/mol. The lowest BCUT2D eigenvalue weighted by atomic mass is 9.95. The molecule has 0 bridgehead atoms. The van der Waals surface area contributed by atoms with Crippen LogP contribution in [0, 0.1) is 10.1 Å². The second-order valence-corrected chi connectivity index (χ2v) is 4.08. The largest absolute Gasteiger partial charge is 0.294 e. The van der Waals surface area contributed by atoms with Gasteiger partial charge in [-0.05, 0) is 17.5 Å². The van der Waals surface area contributed by atoms with Gasteiger partial charge in [-0.3, -0.25) is 19.9 Å². The molecule has 0 aliphatic heterocycles. The highest BCUT2D eigenvalue weighted by molar-refractivity contribution is 6.12. The van der Waals surface area contributed by atoms with Gasteiger partial charge in [-0.2, -0.15) is 0 Å². The zero-order valence-electron chi connectivity index (χ0n) is 9.29. The molecule has 0 fully saturated rings. The molecule has 1 aliphatic rings. The number of ketones is 1. The van der Waals surface area contributed by atoms with E-state index in [1.807, 2.05) is 0 Å². The van der Waals surface area contributed by atoms with Gasteiger partial charge in [0.15, 0.2) is 5.78 Å². The molecule has 0 N–H and O–H groups in total. The van der Waals surface area contributed by atoms with Gasteiger partial charge in [0, 0.05) is 30.1 Å². The zero-order valence-corrected chi connectivity index (χ0v) is 9.29. The normalized spacial score (nSPS) is 13.7. The summed E-state index contributed by atoms with van der Waals surface area (Å²) in [6, 6.07) is 4.47. The van der Waals surface area contributed by atoms with Crippen LogP contribution < -0.4 is 0 Å². The van der Waals surface area contributed by atoms with Crippen molar-refractivity contribution in [3.05, 3.63) is 51.8 Å². The number of hydrogen-bond acceptors (Lipinski definition) is 4. The molecule has 1 heterocycles. The highest BCUT2D eigenvalue weighted by Gasteiger charge is 2.18. The topological polar surface area (TPSA) is 73.1 Å². The van der Waals surface area contributed by atoms with Crippen LogP contribution in [-0.2, 0) is 0 Å². The quantitative estimate of drug-likeness (QED) is 0.567. The summed E-state index contributed by atoms with van der Waals surface area (Å²) in [5, 5.41) is 12.0. The van der Waals surface area contributed by atoms with Crippen molar-refractivity contribution in [3.8, 4) is 0 Å². The number of nitrogens with zero attached hydrogens (tertiary/aromatic N) is 2. The van der Waals surface area contributed by atoms with Gasteiger partial charge in [0.2, 0.25) is 0 Å². The minimum atomic E-state index is -0.458. The van der Waals surface area contributed by atoms with Crippen LogP contribution in [0.3, 0.4) is 0 Å². The summed E-state index contributed by atoms with van der Waals surface area (Å²) >= 11 is 0. The van der Waals surface area contributed by atoms with Crippen molar-refractivity contribution in [2.24, 2.45) is 0 Å². The van der Waals surface area contributed by atoms with E-state index in [4.69, 9.17) is 0 Å². The van der Waals surface area contributed by atoms with E-state index in [9.17, 15) is 14.9 Å². The van der Waals surface area contributed by atoms with Crippen molar-refractivity contribution in [3.63, 3.8) is 0 Å². The third kappa shape index (κ3) is 1.48. The Bertz CT molecular complexity index is 719. The Labute approximate surface area is 102 Å². The van der Waals surface area contributed by atoms with Crippen LogP contribution in [0.15, 0.2) is 30.5 Å². The summed E-state index contributed by atoms with van der Waals surface area (Å²) in [7, 11) is 0. The fourth-order valence-corrected chi connectivity index (χ4v) is 2.14. The molecule has 18 heavy (non-hydrogen) atoms. The number of non-ortho nitro benzene ring substituents is 1. The van der Waals surface area contributed by atoms with Gasteiger partial charge in [-0.1, -0.05) is 6.08 Å². The second kappa shape index (κ2) is 3.73. The van der Waals surface area contributed by atoms with Crippen LogP contribution in [0.2, 0.25) is 0 Å². The van der Waals surface area contributed by atoms with Crippen molar-refractivity contribution in [2.45, 2.75) is 6.42 Å². The van der Waals surface area contributed by atoms with E-state index in [0.717, 1.165) is 5.39 Å². The summed E-state index contributed by atoms with van der Waals surface area (Å²) in [5.74, 6) is -0.000506. The maximum atomic E-state index is 11.9. The van der Waals surface area contributed by atoms with Gasteiger partial charge in [-0.15, -0.1) is 0 Å². The molecule has 0 saturated carbocycles. The number of benzene rings is 1. The molecule has 2 aromatic rings. The van der Waals surface area contributed by atoms with Gasteiger partial charge in [0.05, 0.1) is 16.2 Å². The molecule has 1 aromatic heterocycles. The minimum Gasteiger partial charge on any atom is -0.294 e. The Morgan fingerprint density at radius 3 is 2.94 bits per heavy atom. The first-order chi connectivity index (χ1) is 8.66. The molecule has 88 valence electrons. The number of nitro benzene ring substituents is 1. The molecule has 1 aliphatic carbocycles. The van der Waals surface area contributed by atoms with Gasteiger partial charge < -0.3 is 0 Å². The fraction of sp³-hybridized carbons (Fsp3) is 0.0769. The van der Waals surface area contributed by atoms with Crippen LogP contribution in [0.5, 0.6) is 0 Å². The van der Waals surface area contributed by atoms with E-state index >= 15 is 0 Å². The van der Waals surface area contributed by atoms with Gasteiger partial charge >= 0.3 is 0 Å². The van der Waals surface area contributed by atoms with E-state index < -0.39 is 4.92 Å². The Hall–Kier alpha value is -2.56. The average molecular weight is 240 g/mol. The number of aromatic nitrogens is 1. The molecule has 3 rings (SSSR count). The third-order valence-electron chi connectivity index (χ3n) is 2.97. The molecule has 0 saturated heterocycles. The number of carbonyl (C=O) groups excluding carboxylic acids is 1. The summed E-state index contributed by atoms with van der Waals surface area (Å²) < 4.78 is 0. The predicted octanol–water partition coefficient (Wildman–Crippen LogP) is 2.74. The van der Waals surface area contributed by atoms with Crippen molar-refractivity contribution in [1.29, 1.82) is 0 Å².